The first kappa shape index (κ1) is 29.9. The maximum absolute atomic E-state index is 6.30. The van der Waals surface area contributed by atoms with Gasteiger partial charge in [-0.3, -0.25) is 0 Å². The number of halogens is 4. The van der Waals surface area contributed by atoms with Crippen molar-refractivity contribution in [3.8, 4) is 17.4 Å². The smallest absolute Gasteiger partial charge is 0.213 e. The van der Waals surface area contributed by atoms with Crippen molar-refractivity contribution < 1.29 is 19.0 Å². The predicted molar refractivity (Wildman–Crippen MR) is 155 cm³/mol. The van der Waals surface area contributed by atoms with Gasteiger partial charge < -0.3 is 19.0 Å². The molecule has 0 saturated heterocycles. The lowest BCUT2D eigenvalue weighted by Gasteiger charge is -2.12. The number of ether oxygens (including phenoxy) is 3. The normalized spacial score (nSPS) is 11.1. The first-order chi connectivity index (χ1) is 18.5. The minimum Gasteiger partial charge on any atom is -0.490 e. The predicted octanol–water partition coefficient (Wildman–Crippen LogP) is 8.50. The van der Waals surface area contributed by atoms with Crippen LogP contribution in [0.4, 0.5) is 0 Å². The Balaban J connectivity index is 1.45. The van der Waals surface area contributed by atoms with Crippen LogP contribution < -0.4 is 14.2 Å². The van der Waals surface area contributed by atoms with Gasteiger partial charge in [0.2, 0.25) is 5.88 Å². The average Bonchev–Trinajstić information content (AvgIpc) is 2.91. The van der Waals surface area contributed by atoms with Gasteiger partial charge in [-0.25, -0.2) is 4.98 Å². The molecule has 6 nitrogen and oxygen atoms in total. The number of pyridine rings is 1. The van der Waals surface area contributed by atoms with Gasteiger partial charge in [0.05, 0.1) is 23.3 Å². The Labute approximate surface area is 243 Å². The molecule has 0 radical (unpaired) electrons. The molecule has 0 aliphatic carbocycles. The Hall–Kier alpha value is -2.64. The Morgan fingerprint density at radius 3 is 2.21 bits per heavy atom. The largest absolute Gasteiger partial charge is 0.490 e. The summed E-state index contributed by atoms with van der Waals surface area (Å²) in [7, 11) is 0. The fourth-order valence-electron chi connectivity index (χ4n) is 3.19. The van der Waals surface area contributed by atoms with Gasteiger partial charge in [0.15, 0.2) is 5.75 Å². The molecule has 0 aliphatic rings. The molecule has 1 heterocycles. The van der Waals surface area contributed by atoms with Crippen LogP contribution in [0.5, 0.6) is 17.4 Å². The highest BCUT2D eigenvalue weighted by Gasteiger charge is 2.11. The molecule has 0 fully saturated rings. The van der Waals surface area contributed by atoms with Crippen LogP contribution in [0.3, 0.4) is 0 Å². The third kappa shape index (κ3) is 9.91. The summed E-state index contributed by atoms with van der Waals surface area (Å²) in [5.41, 5.74) is 2.52. The fraction of sp³-hybridized carbons (Fsp3) is 0.286. The summed E-state index contributed by atoms with van der Waals surface area (Å²) < 4.78 is 17.2. The highest BCUT2D eigenvalue weighted by atomic mass is 35.5. The first-order valence-corrected chi connectivity index (χ1v) is 13.6. The quantitative estimate of drug-likeness (QED) is 0.0998. The van der Waals surface area contributed by atoms with E-state index in [1.807, 2.05) is 49.4 Å². The van der Waals surface area contributed by atoms with E-state index in [2.05, 4.69) is 10.1 Å². The average molecular weight is 598 g/mol. The molecule has 3 aromatic rings. The van der Waals surface area contributed by atoms with Crippen molar-refractivity contribution in [3.63, 3.8) is 0 Å². The van der Waals surface area contributed by atoms with Crippen molar-refractivity contribution in [2.45, 2.75) is 26.2 Å². The highest BCUT2D eigenvalue weighted by molar-refractivity contribution is 6.55. The van der Waals surface area contributed by atoms with Gasteiger partial charge in [0, 0.05) is 35.5 Å². The zero-order valence-electron chi connectivity index (χ0n) is 20.8. The Kier molecular flexibility index (Phi) is 12.9. The summed E-state index contributed by atoms with van der Waals surface area (Å²) in [6.07, 6.45) is 5.62. The molecule has 0 bridgehead atoms. The summed E-state index contributed by atoms with van der Waals surface area (Å²) >= 11 is 23.7. The molecular formula is C28H28Cl4N2O4. The Bertz CT molecular complexity index is 1180. The monoisotopic (exact) mass is 596 g/mol. The van der Waals surface area contributed by atoms with E-state index in [4.69, 9.17) is 65.5 Å². The van der Waals surface area contributed by atoms with Gasteiger partial charge in [0.1, 0.15) is 29.2 Å². The van der Waals surface area contributed by atoms with Gasteiger partial charge >= 0.3 is 0 Å². The summed E-state index contributed by atoms with van der Waals surface area (Å²) in [5.74, 6) is 1.42. The number of unbranched alkanes of at least 4 members (excludes halogenated alkanes) is 1. The van der Waals surface area contributed by atoms with Crippen LogP contribution >= 0.6 is 46.4 Å². The molecule has 0 spiro atoms. The Morgan fingerprint density at radius 1 is 0.868 bits per heavy atom. The zero-order chi connectivity index (χ0) is 27.2. The van der Waals surface area contributed by atoms with E-state index in [0.29, 0.717) is 47.2 Å². The van der Waals surface area contributed by atoms with Crippen LogP contribution in [0.2, 0.25) is 10.0 Å². The minimum absolute atomic E-state index is 0.124. The second-order valence-corrected chi connectivity index (χ2v) is 9.77. The van der Waals surface area contributed by atoms with Gasteiger partial charge in [-0.2, -0.15) is 0 Å². The molecule has 38 heavy (non-hydrogen) atoms. The van der Waals surface area contributed by atoms with Crippen LogP contribution in [0.25, 0.3) is 0 Å². The van der Waals surface area contributed by atoms with E-state index in [-0.39, 0.29) is 11.1 Å². The van der Waals surface area contributed by atoms with Crippen LogP contribution in [-0.2, 0) is 4.84 Å². The molecule has 1 aromatic heterocycles. The minimum atomic E-state index is 0.124. The van der Waals surface area contributed by atoms with Crippen molar-refractivity contribution in [2.75, 3.05) is 26.4 Å². The molecular weight excluding hydrogens is 570 g/mol. The lowest BCUT2D eigenvalue weighted by atomic mass is 10.0. The number of oxime groups is 1. The zero-order valence-corrected chi connectivity index (χ0v) is 23.9. The highest BCUT2D eigenvalue weighted by Crippen LogP contribution is 2.37. The van der Waals surface area contributed by atoms with Crippen LogP contribution in [0.1, 0.15) is 37.3 Å². The van der Waals surface area contributed by atoms with E-state index < -0.39 is 0 Å². The molecule has 2 aromatic carbocycles. The topological polar surface area (TPSA) is 62.2 Å². The van der Waals surface area contributed by atoms with E-state index >= 15 is 0 Å². The second kappa shape index (κ2) is 16.4. The number of aromatic nitrogens is 1. The standard InChI is InChI=1S/C28H28Cl4N2O4/c1-2-13-38-34-27(20-8-4-3-5-9-20)21-10-11-26(33-19-21)36-14-6-7-15-37-28-23(29)17-22(18-24(28)30)35-16-12-25(31)32/h3-5,8-12,17-19H,2,6-7,13-16H2,1H3. The SMILES string of the molecule is CCCON=C(c1ccccc1)c1ccc(OCCCCOc2c(Cl)cc(OCC=C(Cl)Cl)cc2Cl)nc1. The first-order valence-electron chi connectivity index (χ1n) is 12.1. The van der Waals surface area contributed by atoms with E-state index in [1.165, 1.54) is 6.08 Å². The third-order valence-electron chi connectivity index (χ3n) is 5.00. The van der Waals surface area contributed by atoms with Crippen molar-refractivity contribution in [1.82, 2.24) is 4.98 Å². The molecule has 3 rings (SSSR count). The van der Waals surface area contributed by atoms with E-state index in [0.717, 1.165) is 36.1 Å². The van der Waals surface area contributed by atoms with Gasteiger partial charge in [0.25, 0.3) is 0 Å². The molecule has 202 valence electrons. The van der Waals surface area contributed by atoms with Gasteiger partial charge in [-0.1, -0.05) is 88.8 Å². The van der Waals surface area contributed by atoms with Crippen LogP contribution in [0, 0.1) is 0 Å². The molecule has 0 atom stereocenters. The van der Waals surface area contributed by atoms with Crippen molar-refractivity contribution >= 4 is 52.1 Å². The van der Waals surface area contributed by atoms with Crippen LogP contribution in [0.15, 0.2) is 76.5 Å². The van der Waals surface area contributed by atoms with Crippen LogP contribution in [-0.4, -0.2) is 37.1 Å². The fourth-order valence-corrected chi connectivity index (χ4v) is 3.89. The maximum atomic E-state index is 6.30. The summed E-state index contributed by atoms with van der Waals surface area (Å²) in [6.45, 7) is 3.70. The maximum Gasteiger partial charge on any atom is 0.213 e. The molecule has 10 heteroatoms. The molecule has 0 saturated carbocycles. The lowest BCUT2D eigenvalue weighted by Crippen LogP contribution is -2.07. The summed E-state index contributed by atoms with van der Waals surface area (Å²) in [5, 5.41) is 5.03. The molecule has 0 unspecified atom stereocenters. The van der Waals surface area contributed by atoms with Crippen molar-refractivity contribution in [1.29, 1.82) is 0 Å². The number of hydrogen-bond donors (Lipinski definition) is 0. The summed E-state index contributed by atoms with van der Waals surface area (Å²) in [6, 6.07) is 16.9. The Morgan fingerprint density at radius 2 is 1.58 bits per heavy atom. The van der Waals surface area contributed by atoms with Gasteiger partial charge in [-0.15, -0.1) is 0 Å². The molecule has 0 N–H and O–H groups in total. The van der Waals surface area contributed by atoms with E-state index in [9.17, 15) is 0 Å². The molecule has 0 amide bonds. The van der Waals surface area contributed by atoms with Gasteiger partial charge in [-0.05, 0) is 31.4 Å². The van der Waals surface area contributed by atoms with E-state index in [1.54, 1.807) is 18.3 Å². The molecule has 0 aliphatic heterocycles. The van der Waals surface area contributed by atoms with Crippen molar-refractivity contribution in [3.05, 3.63) is 92.5 Å². The second-order valence-electron chi connectivity index (χ2n) is 7.95. The number of hydrogen-bond acceptors (Lipinski definition) is 6. The number of benzene rings is 2. The number of nitrogens with zero attached hydrogens (tertiary/aromatic N) is 2. The lowest BCUT2D eigenvalue weighted by molar-refractivity contribution is 0.145. The number of rotatable bonds is 15. The third-order valence-corrected chi connectivity index (χ3v) is 5.87. The summed E-state index contributed by atoms with van der Waals surface area (Å²) in [4.78, 5) is 9.87. The van der Waals surface area contributed by atoms with Crippen molar-refractivity contribution in [2.24, 2.45) is 5.16 Å².